The molecule has 0 aromatic carbocycles. The van der Waals surface area contributed by atoms with E-state index in [0.717, 1.165) is 31.4 Å². The van der Waals surface area contributed by atoms with E-state index >= 15 is 0 Å². The maximum atomic E-state index is 11.8. The van der Waals surface area contributed by atoms with Crippen LogP contribution < -0.4 is 0 Å². The maximum absolute atomic E-state index is 11.8. The molecular weight excluding hydrogens is 408 g/mol. The van der Waals surface area contributed by atoms with Gasteiger partial charge in [0.2, 0.25) is 0 Å². The predicted octanol–water partition coefficient (Wildman–Crippen LogP) is 6.90. The van der Waals surface area contributed by atoms with E-state index in [1.54, 1.807) is 11.1 Å². The van der Waals surface area contributed by atoms with Crippen molar-refractivity contribution in [3.05, 3.63) is 46.8 Å². The molecule has 180 valence electrons. The monoisotopic (exact) mass is 450 g/mol. The topological polar surface area (TPSA) is 46.5 Å². The molecule has 5 rings (SSSR count). The molecular formula is C30H42O3. The van der Waals surface area contributed by atoms with Crippen molar-refractivity contribution in [3.63, 3.8) is 0 Å². The molecule has 0 bridgehead atoms. The van der Waals surface area contributed by atoms with E-state index in [1.165, 1.54) is 12.8 Å². The van der Waals surface area contributed by atoms with Crippen LogP contribution in [0.1, 0.15) is 87.0 Å². The Hall–Kier alpha value is -1.61. The standard InChI is InChI=1S/C30H42O3/c1-18(16-20-17-19(2)26(32)33-20)21-10-14-30(7)23-8-9-24-27(3,4)25(31)12-13-28(24,5)22(23)11-15-29(21,30)6/h8,11,16-18,21,24-25,31H,9-10,12-15H2,1-7H3/b20-16+/t18-,21-,24+,25-,28-,29-,30+/m1/s1. The van der Waals surface area contributed by atoms with E-state index in [2.05, 4.69) is 59.8 Å². The van der Waals surface area contributed by atoms with Crippen LogP contribution in [-0.2, 0) is 9.53 Å². The fourth-order valence-electron chi connectivity index (χ4n) is 8.82. The average molecular weight is 451 g/mol. The van der Waals surface area contributed by atoms with Crippen molar-refractivity contribution in [2.24, 2.45) is 39.4 Å². The van der Waals surface area contributed by atoms with Crippen molar-refractivity contribution < 1.29 is 14.6 Å². The van der Waals surface area contributed by atoms with E-state index in [4.69, 9.17) is 4.74 Å². The molecule has 7 atom stereocenters. The van der Waals surface area contributed by atoms with Crippen LogP contribution in [0.4, 0.5) is 0 Å². The lowest BCUT2D eigenvalue weighted by Gasteiger charge is -2.61. The second-order valence-corrected chi connectivity index (χ2v) is 13.1. The molecule has 0 saturated heterocycles. The number of aliphatic hydroxyl groups excluding tert-OH is 1. The Morgan fingerprint density at radius 2 is 1.82 bits per heavy atom. The molecule has 1 N–H and O–H groups in total. The summed E-state index contributed by atoms with van der Waals surface area (Å²) in [4.78, 5) is 11.8. The van der Waals surface area contributed by atoms with Gasteiger partial charge < -0.3 is 9.84 Å². The minimum absolute atomic E-state index is 0.0548. The third kappa shape index (κ3) is 3.00. The Balaban J connectivity index is 1.49. The van der Waals surface area contributed by atoms with Crippen molar-refractivity contribution in [1.82, 2.24) is 0 Å². The van der Waals surface area contributed by atoms with Crippen molar-refractivity contribution in [2.45, 2.75) is 93.1 Å². The predicted molar refractivity (Wildman–Crippen MR) is 132 cm³/mol. The Morgan fingerprint density at radius 1 is 1.09 bits per heavy atom. The molecule has 1 aliphatic heterocycles. The van der Waals surface area contributed by atoms with Gasteiger partial charge >= 0.3 is 5.97 Å². The Labute approximate surface area is 200 Å². The average Bonchev–Trinajstić information content (AvgIpc) is 3.20. The number of carbonyl (C=O) groups excluding carboxylic acids is 1. The van der Waals surface area contributed by atoms with Crippen LogP contribution in [0, 0.1) is 39.4 Å². The molecule has 0 amide bonds. The fourth-order valence-corrected chi connectivity index (χ4v) is 8.82. The first-order valence-corrected chi connectivity index (χ1v) is 13.1. The lowest BCUT2D eigenvalue weighted by molar-refractivity contribution is -0.133. The molecule has 0 radical (unpaired) electrons. The van der Waals surface area contributed by atoms with Gasteiger partial charge in [-0.15, -0.1) is 0 Å². The summed E-state index contributed by atoms with van der Waals surface area (Å²) in [7, 11) is 0. The van der Waals surface area contributed by atoms with Crippen LogP contribution in [0.2, 0.25) is 0 Å². The van der Waals surface area contributed by atoms with Gasteiger partial charge in [0.25, 0.3) is 0 Å². The van der Waals surface area contributed by atoms with Gasteiger partial charge in [0.1, 0.15) is 5.76 Å². The number of fused-ring (bicyclic) bond motifs is 5. The first kappa shape index (κ1) is 23.1. The van der Waals surface area contributed by atoms with Gasteiger partial charge in [-0.05, 0) is 108 Å². The summed E-state index contributed by atoms with van der Waals surface area (Å²) in [5, 5.41) is 10.8. The highest BCUT2D eigenvalue weighted by Gasteiger charge is 2.63. The number of carbonyl (C=O) groups is 1. The van der Waals surface area contributed by atoms with E-state index in [1.807, 2.05) is 13.0 Å². The van der Waals surface area contributed by atoms with Crippen molar-refractivity contribution in [2.75, 3.05) is 0 Å². The molecule has 4 aliphatic carbocycles. The Kier molecular flexibility index (Phi) is 5.05. The van der Waals surface area contributed by atoms with Crippen LogP contribution in [-0.4, -0.2) is 17.2 Å². The van der Waals surface area contributed by atoms with Crippen LogP contribution in [0.15, 0.2) is 46.8 Å². The quantitative estimate of drug-likeness (QED) is 0.466. The molecule has 0 unspecified atom stereocenters. The molecule has 5 aliphatic rings. The second kappa shape index (κ2) is 7.20. The van der Waals surface area contributed by atoms with E-state index in [0.29, 0.717) is 23.3 Å². The van der Waals surface area contributed by atoms with Gasteiger partial charge in [-0.2, -0.15) is 0 Å². The summed E-state index contributed by atoms with van der Waals surface area (Å²) in [6, 6.07) is 0. The first-order chi connectivity index (χ1) is 15.3. The molecule has 33 heavy (non-hydrogen) atoms. The van der Waals surface area contributed by atoms with E-state index in [-0.39, 0.29) is 33.7 Å². The zero-order valence-electron chi connectivity index (χ0n) is 21.6. The summed E-state index contributed by atoms with van der Waals surface area (Å²) < 4.78 is 5.47. The zero-order chi connectivity index (χ0) is 24.0. The number of hydrogen-bond acceptors (Lipinski definition) is 3. The minimum Gasteiger partial charge on any atom is -0.423 e. The number of cyclic esters (lactones) is 1. The van der Waals surface area contributed by atoms with Crippen LogP contribution >= 0.6 is 0 Å². The summed E-state index contributed by atoms with van der Waals surface area (Å²) in [5.41, 5.74) is 4.34. The number of ether oxygens (including phenoxy) is 1. The van der Waals surface area contributed by atoms with Crippen molar-refractivity contribution >= 4 is 5.97 Å². The zero-order valence-corrected chi connectivity index (χ0v) is 21.6. The van der Waals surface area contributed by atoms with Crippen molar-refractivity contribution in [3.8, 4) is 0 Å². The van der Waals surface area contributed by atoms with Gasteiger partial charge in [0.15, 0.2) is 0 Å². The van der Waals surface area contributed by atoms with Crippen molar-refractivity contribution in [1.29, 1.82) is 0 Å². The smallest absolute Gasteiger partial charge is 0.339 e. The summed E-state index contributed by atoms with van der Waals surface area (Å²) in [5.74, 6) is 1.91. The molecule has 0 spiro atoms. The molecule has 0 aromatic rings. The Morgan fingerprint density at radius 3 is 2.48 bits per heavy atom. The third-order valence-electron chi connectivity index (χ3n) is 11.2. The number of aliphatic hydroxyl groups is 1. The largest absolute Gasteiger partial charge is 0.423 e. The first-order valence-electron chi connectivity index (χ1n) is 13.1. The number of hydrogen-bond donors (Lipinski definition) is 1. The third-order valence-corrected chi connectivity index (χ3v) is 11.2. The number of allylic oxidation sites excluding steroid dienone is 6. The summed E-state index contributed by atoms with van der Waals surface area (Å²) in [6.07, 6.45) is 15.6. The van der Waals surface area contributed by atoms with E-state index in [9.17, 15) is 9.90 Å². The highest BCUT2D eigenvalue weighted by Crippen LogP contribution is 2.71. The molecule has 3 heteroatoms. The van der Waals surface area contributed by atoms with Gasteiger partial charge in [0.05, 0.1) is 6.10 Å². The molecule has 0 aromatic heterocycles. The molecule has 2 saturated carbocycles. The van der Waals surface area contributed by atoms with Crippen LogP contribution in [0.25, 0.3) is 0 Å². The van der Waals surface area contributed by atoms with E-state index < -0.39 is 0 Å². The van der Waals surface area contributed by atoms with Gasteiger partial charge in [-0.1, -0.05) is 53.7 Å². The highest BCUT2D eigenvalue weighted by molar-refractivity contribution is 5.92. The molecule has 2 fully saturated rings. The summed E-state index contributed by atoms with van der Waals surface area (Å²) in [6.45, 7) is 16.2. The number of esters is 1. The molecule has 1 heterocycles. The number of rotatable bonds is 2. The van der Waals surface area contributed by atoms with Crippen LogP contribution in [0.3, 0.4) is 0 Å². The Bertz CT molecular complexity index is 1010. The van der Waals surface area contributed by atoms with Crippen LogP contribution in [0.5, 0.6) is 0 Å². The summed E-state index contributed by atoms with van der Waals surface area (Å²) >= 11 is 0. The normalized spacial score (nSPS) is 45.9. The molecule has 3 nitrogen and oxygen atoms in total. The SMILES string of the molecule is CC1=C/C(=C\[C@@H](C)[C@H]2CC[C@@]3(C)C4=CC[C@H]5C(C)(C)[C@H](O)CC[C@]5(C)C4=CC[C@]23C)OC1=O. The lowest BCUT2D eigenvalue weighted by atomic mass is 9.44. The van der Waals surface area contributed by atoms with Gasteiger partial charge in [0, 0.05) is 5.57 Å². The second-order valence-electron chi connectivity index (χ2n) is 13.1. The maximum Gasteiger partial charge on any atom is 0.339 e. The van der Waals surface area contributed by atoms with Gasteiger partial charge in [-0.3, -0.25) is 0 Å². The highest BCUT2D eigenvalue weighted by atomic mass is 16.5. The van der Waals surface area contributed by atoms with Gasteiger partial charge in [-0.25, -0.2) is 4.79 Å². The fraction of sp³-hybridized carbons (Fsp3) is 0.700. The lowest BCUT2D eigenvalue weighted by Crippen LogP contribution is -2.54. The minimum atomic E-state index is -0.211.